The highest BCUT2D eigenvalue weighted by atomic mass is 16.4. The first-order chi connectivity index (χ1) is 7.31. The summed E-state index contributed by atoms with van der Waals surface area (Å²) in [4.78, 5) is 23.9. The third kappa shape index (κ3) is 5.11. The number of carboxylic acids is 1. The summed E-state index contributed by atoms with van der Waals surface area (Å²) in [5, 5.41) is 11.6. The Balaban J connectivity index is 4.12. The zero-order chi connectivity index (χ0) is 12.8. The number of likely N-dealkylation sites (N-methyl/N-ethyl adjacent to an activating group) is 2. The summed E-state index contributed by atoms with van der Waals surface area (Å²) < 4.78 is 0. The molecule has 0 aromatic heterocycles. The Morgan fingerprint density at radius 1 is 1.38 bits per heavy atom. The lowest BCUT2D eigenvalue weighted by molar-refractivity contribution is -0.139. The summed E-state index contributed by atoms with van der Waals surface area (Å²) in [5.41, 5.74) is -0.591. The van der Waals surface area contributed by atoms with Gasteiger partial charge in [0.15, 0.2) is 0 Å². The maximum atomic E-state index is 11.9. The van der Waals surface area contributed by atoms with Crippen LogP contribution in [0.3, 0.4) is 0 Å². The van der Waals surface area contributed by atoms with Gasteiger partial charge in [0, 0.05) is 20.0 Å². The van der Waals surface area contributed by atoms with Crippen LogP contribution in [0.25, 0.3) is 0 Å². The second-order valence-corrected chi connectivity index (χ2v) is 4.38. The highest BCUT2D eigenvalue weighted by Gasteiger charge is 2.28. The first kappa shape index (κ1) is 14.9. The first-order valence-electron chi connectivity index (χ1n) is 5.53. The van der Waals surface area contributed by atoms with Gasteiger partial charge in [0.25, 0.3) is 0 Å². The van der Waals surface area contributed by atoms with Crippen molar-refractivity contribution in [2.45, 2.75) is 39.2 Å². The van der Waals surface area contributed by atoms with Crippen molar-refractivity contribution in [1.82, 2.24) is 10.2 Å². The largest absolute Gasteiger partial charge is 0.481 e. The van der Waals surface area contributed by atoms with Crippen LogP contribution in [-0.4, -0.2) is 47.6 Å². The molecule has 5 heteroatoms. The molecule has 2 N–H and O–H groups in total. The number of carbonyl (C=O) groups is 2. The average molecular weight is 230 g/mol. The molecule has 0 radical (unpaired) electrons. The number of aliphatic carboxylic acids is 1. The van der Waals surface area contributed by atoms with Gasteiger partial charge in [-0.1, -0.05) is 6.92 Å². The highest BCUT2D eigenvalue weighted by molar-refractivity contribution is 5.85. The van der Waals surface area contributed by atoms with Crippen LogP contribution in [0.15, 0.2) is 0 Å². The average Bonchev–Trinajstić information content (AvgIpc) is 2.15. The van der Waals surface area contributed by atoms with Crippen molar-refractivity contribution in [2.75, 3.05) is 20.1 Å². The lowest BCUT2D eigenvalue weighted by Gasteiger charge is -2.30. The smallest absolute Gasteiger partial charge is 0.303 e. The standard InChI is InChI=1S/C11H22N2O3/c1-5-12-11(2,3)10(16)13(4)8-6-7-9(14)15/h12H,5-8H2,1-4H3,(H,14,15). The van der Waals surface area contributed by atoms with E-state index >= 15 is 0 Å². The molecule has 0 saturated heterocycles. The number of carbonyl (C=O) groups excluding carboxylic acids is 1. The van der Waals surface area contributed by atoms with Crippen LogP contribution in [-0.2, 0) is 9.59 Å². The topological polar surface area (TPSA) is 69.6 Å². The van der Waals surface area contributed by atoms with Crippen molar-refractivity contribution in [2.24, 2.45) is 0 Å². The van der Waals surface area contributed by atoms with Crippen LogP contribution in [0.5, 0.6) is 0 Å². The molecule has 0 aromatic carbocycles. The molecular formula is C11H22N2O3. The molecule has 0 heterocycles. The van der Waals surface area contributed by atoms with Crippen LogP contribution >= 0.6 is 0 Å². The van der Waals surface area contributed by atoms with Crippen molar-refractivity contribution in [3.05, 3.63) is 0 Å². The number of amides is 1. The molecule has 0 aromatic rings. The molecule has 1 amide bonds. The van der Waals surface area contributed by atoms with Crippen LogP contribution in [0.2, 0.25) is 0 Å². The third-order valence-electron chi connectivity index (χ3n) is 2.38. The zero-order valence-electron chi connectivity index (χ0n) is 10.5. The molecule has 0 spiro atoms. The van der Waals surface area contributed by atoms with E-state index in [1.807, 2.05) is 20.8 Å². The Labute approximate surface area is 96.8 Å². The minimum atomic E-state index is -0.827. The van der Waals surface area contributed by atoms with Gasteiger partial charge in [-0.2, -0.15) is 0 Å². The summed E-state index contributed by atoms with van der Waals surface area (Å²) in [6.07, 6.45) is 0.582. The van der Waals surface area contributed by atoms with E-state index in [0.717, 1.165) is 6.54 Å². The quantitative estimate of drug-likeness (QED) is 0.675. The first-order valence-corrected chi connectivity index (χ1v) is 5.53. The van der Waals surface area contributed by atoms with E-state index in [9.17, 15) is 9.59 Å². The number of rotatable bonds is 7. The molecule has 0 fully saturated rings. The summed E-state index contributed by atoms with van der Waals surface area (Å²) in [6.45, 7) is 6.79. The fourth-order valence-corrected chi connectivity index (χ4v) is 1.56. The molecule has 0 atom stereocenters. The summed E-state index contributed by atoms with van der Waals surface area (Å²) >= 11 is 0. The monoisotopic (exact) mass is 230 g/mol. The Morgan fingerprint density at radius 3 is 2.38 bits per heavy atom. The molecule has 0 aliphatic carbocycles. The fraction of sp³-hybridized carbons (Fsp3) is 0.818. The van der Waals surface area contributed by atoms with Gasteiger partial charge in [0.1, 0.15) is 0 Å². The second kappa shape index (κ2) is 6.48. The number of hydrogen-bond donors (Lipinski definition) is 2. The fourth-order valence-electron chi connectivity index (χ4n) is 1.56. The summed E-state index contributed by atoms with van der Waals surface area (Å²) in [7, 11) is 1.70. The van der Waals surface area contributed by atoms with Crippen molar-refractivity contribution < 1.29 is 14.7 Å². The van der Waals surface area contributed by atoms with E-state index in [4.69, 9.17) is 5.11 Å². The number of nitrogens with one attached hydrogen (secondary N) is 1. The second-order valence-electron chi connectivity index (χ2n) is 4.38. The predicted octanol–water partition coefficient (Wildman–Crippen LogP) is 0.698. The number of nitrogens with zero attached hydrogens (tertiary/aromatic N) is 1. The number of hydrogen-bond acceptors (Lipinski definition) is 3. The zero-order valence-corrected chi connectivity index (χ0v) is 10.5. The van der Waals surface area contributed by atoms with Gasteiger partial charge in [-0.05, 0) is 26.8 Å². The molecule has 0 rings (SSSR count). The highest BCUT2D eigenvalue weighted by Crippen LogP contribution is 2.07. The van der Waals surface area contributed by atoms with E-state index in [0.29, 0.717) is 13.0 Å². The van der Waals surface area contributed by atoms with Gasteiger partial charge in [-0.15, -0.1) is 0 Å². The van der Waals surface area contributed by atoms with Crippen molar-refractivity contribution in [3.8, 4) is 0 Å². The van der Waals surface area contributed by atoms with Crippen LogP contribution in [0, 0.1) is 0 Å². The van der Waals surface area contributed by atoms with E-state index in [2.05, 4.69) is 5.32 Å². The van der Waals surface area contributed by atoms with Crippen LogP contribution in [0.1, 0.15) is 33.6 Å². The van der Waals surface area contributed by atoms with Gasteiger partial charge in [0.2, 0.25) is 5.91 Å². The minimum absolute atomic E-state index is 0.0141. The molecule has 0 unspecified atom stereocenters. The summed E-state index contributed by atoms with van der Waals surface area (Å²) in [6, 6.07) is 0. The SMILES string of the molecule is CCNC(C)(C)C(=O)N(C)CCCC(=O)O. The van der Waals surface area contributed by atoms with Crippen molar-refractivity contribution in [3.63, 3.8) is 0 Å². The maximum absolute atomic E-state index is 11.9. The van der Waals surface area contributed by atoms with E-state index < -0.39 is 11.5 Å². The minimum Gasteiger partial charge on any atom is -0.481 e. The van der Waals surface area contributed by atoms with Crippen molar-refractivity contribution >= 4 is 11.9 Å². The molecule has 0 aliphatic heterocycles. The maximum Gasteiger partial charge on any atom is 0.303 e. The van der Waals surface area contributed by atoms with E-state index in [-0.39, 0.29) is 12.3 Å². The lowest BCUT2D eigenvalue weighted by Crippen LogP contribution is -2.53. The van der Waals surface area contributed by atoms with Crippen LogP contribution in [0.4, 0.5) is 0 Å². The van der Waals surface area contributed by atoms with Gasteiger partial charge in [-0.25, -0.2) is 0 Å². The molecule has 94 valence electrons. The Bertz CT molecular complexity index is 252. The van der Waals surface area contributed by atoms with Crippen molar-refractivity contribution in [1.29, 1.82) is 0 Å². The Kier molecular flexibility index (Phi) is 6.03. The molecule has 5 nitrogen and oxygen atoms in total. The predicted molar refractivity (Wildman–Crippen MR) is 62.3 cm³/mol. The van der Waals surface area contributed by atoms with Gasteiger partial charge in [-0.3, -0.25) is 9.59 Å². The normalized spacial score (nSPS) is 11.2. The third-order valence-corrected chi connectivity index (χ3v) is 2.38. The molecule has 16 heavy (non-hydrogen) atoms. The van der Waals surface area contributed by atoms with E-state index in [1.165, 1.54) is 0 Å². The molecular weight excluding hydrogens is 208 g/mol. The lowest BCUT2D eigenvalue weighted by atomic mass is 10.0. The van der Waals surface area contributed by atoms with Gasteiger partial charge < -0.3 is 15.3 Å². The molecule has 0 saturated carbocycles. The number of carboxylic acid groups (broad SMARTS) is 1. The Hall–Kier alpha value is -1.10. The molecule has 0 bridgehead atoms. The summed E-state index contributed by atoms with van der Waals surface area (Å²) in [5.74, 6) is -0.841. The van der Waals surface area contributed by atoms with Crippen LogP contribution < -0.4 is 5.32 Å². The Morgan fingerprint density at radius 2 is 1.94 bits per heavy atom. The van der Waals surface area contributed by atoms with Gasteiger partial charge in [0.05, 0.1) is 5.54 Å². The molecule has 0 aliphatic rings. The van der Waals surface area contributed by atoms with E-state index in [1.54, 1.807) is 11.9 Å². The van der Waals surface area contributed by atoms with Gasteiger partial charge >= 0.3 is 5.97 Å².